The van der Waals surface area contributed by atoms with Crippen LogP contribution < -0.4 is 10.0 Å². The zero-order valence-corrected chi connectivity index (χ0v) is 17.0. The molecule has 0 spiro atoms. The number of amides is 1. The van der Waals surface area contributed by atoms with Crippen molar-refractivity contribution in [3.63, 3.8) is 0 Å². The van der Waals surface area contributed by atoms with Crippen LogP contribution in [0.2, 0.25) is 0 Å². The molecule has 1 aliphatic rings. The lowest BCUT2D eigenvalue weighted by molar-refractivity contribution is 0.0903. The fourth-order valence-corrected chi connectivity index (χ4v) is 4.45. The monoisotopic (exact) mass is 393 g/mol. The Labute approximate surface area is 160 Å². The van der Waals surface area contributed by atoms with Gasteiger partial charge in [0, 0.05) is 24.5 Å². The lowest BCUT2D eigenvalue weighted by Crippen LogP contribution is -2.39. The summed E-state index contributed by atoms with van der Waals surface area (Å²) < 4.78 is 32.9. The maximum Gasteiger partial charge on any atom is 0.287 e. The molecule has 1 aromatic heterocycles. The summed E-state index contributed by atoms with van der Waals surface area (Å²) in [6, 6.07) is 6.25. The van der Waals surface area contributed by atoms with Crippen molar-refractivity contribution in [1.82, 2.24) is 14.9 Å². The van der Waals surface area contributed by atoms with E-state index in [1.54, 1.807) is 12.1 Å². The Balaban J connectivity index is 1.73. The molecule has 1 fully saturated rings. The third kappa shape index (κ3) is 5.09. The number of carbonyl (C=O) groups is 1. The number of nitrogens with zero attached hydrogens (tertiary/aromatic N) is 1. The number of sulfonamides is 1. The zero-order valence-electron chi connectivity index (χ0n) is 16.2. The van der Waals surface area contributed by atoms with Crippen LogP contribution in [0.5, 0.6) is 0 Å². The van der Waals surface area contributed by atoms with Crippen molar-refractivity contribution in [2.24, 2.45) is 5.41 Å². The van der Waals surface area contributed by atoms with Crippen molar-refractivity contribution in [3.8, 4) is 0 Å². The summed E-state index contributed by atoms with van der Waals surface area (Å²) in [6.07, 6.45) is 1.75. The van der Waals surface area contributed by atoms with E-state index in [1.807, 2.05) is 14.1 Å². The van der Waals surface area contributed by atoms with Crippen LogP contribution >= 0.6 is 0 Å². The topological polar surface area (TPSA) is 91.7 Å². The predicted molar refractivity (Wildman–Crippen MR) is 104 cm³/mol. The van der Waals surface area contributed by atoms with Gasteiger partial charge in [-0.3, -0.25) is 4.79 Å². The van der Waals surface area contributed by atoms with Gasteiger partial charge in [-0.2, -0.15) is 0 Å². The van der Waals surface area contributed by atoms with Gasteiger partial charge in [-0.1, -0.05) is 13.8 Å². The van der Waals surface area contributed by atoms with Gasteiger partial charge >= 0.3 is 0 Å². The van der Waals surface area contributed by atoms with E-state index in [-0.39, 0.29) is 28.0 Å². The molecule has 1 heterocycles. The fourth-order valence-electron chi connectivity index (χ4n) is 3.11. The highest BCUT2D eigenvalue weighted by Crippen LogP contribution is 2.26. The quantitative estimate of drug-likeness (QED) is 0.717. The summed E-state index contributed by atoms with van der Waals surface area (Å²) >= 11 is 0. The lowest BCUT2D eigenvalue weighted by Gasteiger charge is -2.28. The first-order chi connectivity index (χ1) is 12.6. The second-order valence-corrected chi connectivity index (χ2v) is 10.0. The Morgan fingerprint density at radius 3 is 2.59 bits per heavy atom. The minimum Gasteiger partial charge on any atom is -0.451 e. The predicted octanol–water partition coefficient (Wildman–Crippen LogP) is 2.19. The fraction of sp³-hybridized carbons (Fsp3) is 0.526. The van der Waals surface area contributed by atoms with Crippen LogP contribution in [0.15, 0.2) is 33.6 Å². The number of hydrogen-bond acceptors (Lipinski definition) is 5. The van der Waals surface area contributed by atoms with Gasteiger partial charge < -0.3 is 14.6 Å². The van der Waals surface area contributed by atoms with Crippen LogP contribution in [0.4, 0.5) is 0 Å². The molecule has 2 N–H and O–H groups in total. The summed E-state index contributed by atoms with van der Waals surface area (Å²) in [5.74, 6) is -0.131. The summed E-state index contributed by atoms with van der Waals surface area (Å²) in [5.41, 5.74) is 0.402. The van der Waals surface area contributed by atoms with Crippen molar-refractivity contribution in [3.05, 3.63) is 30.0 Å². The van der Waals surface area contributed by atoms with E-state index in [2.05, 4.69) is 28.8 Å². The SMILES string of the molecule is CN(C)CC(C)(C)CNC(=O)c1cc2cc(S(=O)(=O)NC3CC3)ccc2o1. The van der Waals surface area contributed by atoms with E-state index in [0.29, 0.717) is 17.5 Å². The number of benzene rings is 1. The maximum atomic E-state index is 12.4. The Hall–Kier alpha value is -1.90. The third-order valence-corrected chi connectivity index (χ3v) is 5.91. The van der Waals surface area contributed by atoms with Crippen LogP contribution in [-0.4, -0.2) is 52.5 Å². The smallest absolute Gasteiger partial charge is 0.287 e. The van der Waals surface area contributed by atoms with E-state index >= 15 is 0 Å². The largest absolute Gasteiger partial charge is 0.451 e. The van der Waals surface area contributed by atoms with E-state index in [9.17, 15) is 13.2 Å². The summed E-state index contributed by atoms with van der Waals surface area (Å²) in [4.78, 5) is 14.7. The Kier molecular flexibility index (Phi) is 5.33. The molecule has 8 heteroatoms. The average Bonchev–Trinajstić information content (AvgIpc) is 3.24. The van der Waals surface area contributed by atoms with Crippen LogP contribution in [0.3, 0.4) is 0 Å². The minimum atomic E-state index is -3.54. The number of hydrogen-bond donors (Lipinski definition) is 2. The van der Waals surface area contributed by atoms with Gasteiger partial charge in [-0.15, -0.1) is 0 Å². The van der Waals surface area contributed by atoms with E-state index in [1.165, 1.54) is 12.1 Å². The molecule has 0 aliphatic heterocycles. The summed E-state index contributed by atoms with van der Waals surface area (Å²) in [7, 11) is 0.448. The molecule has 0 saturated heterocycles. The van der Waals surface area contributed by atoms with Gasteiger partial charge in [0.25, 0.3) is 5.91 Å². The number of fused-ring (bicyclic) bond motifs is 1. The van der Waals surface area contributed by atoms with Crippen molar-refractivity contribution in [2.75, 3.05) is 27.2 Å². The molecule has 0 radical (unpaired) electrons. The first-order valence-electron chi connectivity index (χ1n) is 9.05. The number of nitrogens with one attached hydrogen (secondary N) is 2. The van der Waals surface area contributed by atoms with Crippen molar-refractivity contribution < 1.29 is 17.6 Å². The molecule has 0 bridgehead atoms. The summed E-state index contributed by atoms with van der Waals surface area (Å²) in [6.45, 7) is 5.50. The lowest BCUT2D eigenvalue weighted by atomic mass is 9.93. The second kappa shape index (κ2) is 7.26. The highest BCUT2D eigenvalue weighted by molar-refractivity contribution is 7.89. The van der Waals surface area contributed by atoms with Gasteiger partial charge in [0.15, 0.2) is 5.76 Å². The van der Waals surface area contributed by atoms with Gasteiger partial charge in [-0.25, -0.2) is 13.1 Å². The van der Waals surface area contributed by atoms with Gasteiger partial charge in [0.1, 0.15) is 5.58 Å². The van der Waals surface area contributed by atoms with E-state index in [0.717, 1.165) is 19.4 Å². The molecule has 148 valence electrons. The molecule has 0 unspecified atom stereocenters. The average molecular weight is 394 g/mol. The van der Waals surface area contributed by atoms with Gasteiger partial charge in [-0.05, 0) is 56.6 Å². The van der Waals surface area contributed by atoms with Crippen LogP contribution in [0.1, 0.15) is 37.2 Å². The first-order valence-corrected chi connectivity index (χ1v) is 10.5. The Bertz CT molecular complexity index is 943. The van der Waals surface area contributed by atoms with E-state index < -0.39 is 10.0 Å². The van der Waals surface area contributed by atoms with Crippen molar-refractivity contribution >= 4 is 26.9 Å². The molecule has 3 rings (SSSR count). The normalized spacial score (nSPS) is 15.4. The van der Waals surface area contributed by atoms with Crippen LogP contribution in [0, 0.1) is 5.41 Å². The third-order valence-electron chi connectivity index (χ3n) is 4.39. The Morgan fingerprint density at radius 1 is 1.26 bits per heavy atom. The Morgan fingerprint density at radius 2 is 1.96 bits per heavy atom. The van der Waals surface area contributed by atoms with Gasteiger partial charge in [0.05, 0.1) is 4.90 Å². The zero-order chi connectivity index (χ0) is 19.8. The highest BCUT2D eigenvalue weighted by atomic mass is 32.2. The molecule has 1 aliphatic carbocycles. The molecule has 27 heavy (non-hydrogen) atoms. The van der Waals surface area contributed by atoms with Crippen molar-refractivity contribution in [1.29, 1.82) is 0 Å². The van der Waals surface area contributed by atoms with Gasteiger partial charge in [0.2, 0.25) is 10.0 Å². The minimum absolute atomic E-state index is 0.0434. The van der Waals surface area contributed by atoms with Crippen molar-refractivity contribution in [2.45, 2.75) is 37.6 Å². The molecule has 1 saturated carbocycles. The second-order valence-electron chi connectivity index (χ2n) is 8.29. The summed E-state index contributed by atoms with van der Waals surface area (Å²) in [5, 5.41) is 3.48. The molecule has 1 aromatic carbocycles. The number of rotatable bonds is 8. The molecular weight excluding hydrogens is 366 g/mol. The molecule has 0 atom stereocenters. The first kappa shape index (κ1) is 19.9. The molecule has 2 aromatic rings. The molecular formula is C19H27N3O4S. The molecule has 1 amide bonds. The van der Waals surface area contributed by atoms with Crippen LogP contribution in [-0.2, 0) is 10.0 Å². The van der Waals surface area contributed by atoms with E-state index in [4.69, 9.17) is 4.42 Å². The number of carbonyl (C=O) groups excluding carboxylic acids is 1. The standard InChI is InChI=1S/C19H27N3O4S/c1-19(2,12-22(3)4)11-20-18(23)17-10-13-9-15(7-8-16(13)26-17)27(24,25)21-14-5-6-14/h7-10,14,21H,5-6,11-12H2,1-4H3,(H,20,23). The van der Waals surface area contributed by atoms with Crippen LogP contribution in [0.25, 0.3) is 11.0 Å². The number of furan rings is 1. The molecule has 7 nitrogen and oxygen atoms in total. The maximum absolute atomic E-state index is 12.4. The highest BCUT2D eigenvalue weighted by Gasteiger charge is 2.28.